The maximum atomic E-state index is 12.6. The van der Waals surface area contributed by atoms with Crippen molar-refractivity contribution in [3.63, 3.8) is 0 Å². The molecular weight excluding hydrogens is 370 g/mol. The fraction of sp³-hybridized carbons (Fsp3) is 0.278. The standard InChI is InChI=1S/C18H19N3O5S/c22-18(16-8-4-5-9-17(16)21(23)24)20-12-10-14(11-13-20)19-27(25,26)15-6-2-1-3-7-15/h1-9,14,19H,10-13H2. The van der Waals surface area contributed by atoms with E-state index in [1.54, 1.807) is 24.3 Å². The van der Waals surface area contributed by atoms with Crippen LogP contribution in [0.3, 0.4) is 0 Å². The van der Waals surface area contributed by atoms with E-state index >= 15 is 0 Å². The molecule has 0 unspecified atom stereocenters. The van der Waals surface area contributed by atoms with Crippen LogP contribution < -0.4 is 4.72 Å². The summed E-state index contributed by atoms with van der Waals surface area (Å²) in [6.45, 7) is 0.652. The molecule has 0 atom stereocenters. The number of carbonyl (C=O) groups excluding carboxylic acids is 1. The number of rotatable bonds is 5. The van der Waals surface area contributed by atoms with E-state index in [9.17, 15) is 23.3 Å². The second-order valence-electron chi connectivity index (χ2n) is 6.28. The van der Waals surface area contributed by atoms with Gasteiger partial charge < -0.3 is 4.90 Å². The summed E-state index contributed by atoms with van der Waals surface area (Å²) in [6.07, 6.45) is 0.886. The van der Waals surface area contributed by atoms with Gasteiger partial charge in [0.1, 0.15) is 5.56 Å². The van der Waals surface area contributed by atoms with E-state index in [0.717, 1.165) is 0 Å². The Kier molecular flexibility index (Phi) is 5.52. The Bertz CT molecular complexity index is 938. The molecule has 1 amide bonds. The first-order chi connectivity index (χ1) is 12.9. The highest BCUT2D eigenvalue weighted by molar-refractivity contribution is 7.89. The fourth-order valence-corrected chi connectivity index (χ4v) is 4.40. The molecule has 0 aromatic heterocycles. The monoisotopic (exact) mass is 389 g/mol. The van der Waals surface area contributed by atoms with Crippen LogP contribution >= 0.6 is 0 Å². The molecule has 1 N–H and O–H groups in total. The highest BCUT2D eigenvalue weighted by Crippen LogP contribution is 2.22. The van der Waals surface area contributed by atoms with Gasteiger partial charge in [0.2, 0.25) is 10.0 Å². The smallest absolute Gasteiger partial charge is 0.282 e. The first kappa shape index (κ1) is 19.0. The minimum Gasteiger partial charge on any atom is -0.338 e. The van der Waals surface area contributed by atoms with Crippen molar-refractivity contribution in [2.24, 2.45) is 0 Å². The van der Waals surface area contributed by atoms with Gasteiger partial charge in [-0.15, -0.1) is 0 Å². The predicted molar refractivity (Wildman–Crippen MR) is 98.8 cm³/mol. The first-order valence-electron chi connectivity index (χ1n) is 8.48. The Morgan fingerprint density at radius 3 is 2.26 bits per heavy atom. The van der Waals surface area contributed by atoms with E-state index in [1.165, 1.54) is 35.2 Å². The molecular formula is C18H19N3O5S. The number of piperidine rings is 1. The van der Waals surface area contributed by atoms with Gasteiger partial charge in [-0.3, -0.25) is 14.9 Å². The lowest BCUT2D eigenvalue weighted by Gasteiger charge is -2.32. The average Bonchev–Trinajstić information content (AvgIpc) is 2.68. The van der Waals surface area contributed by atoms with Crippen molar-refractivity contribution in [1.29, 1.82) is 0 Å². The number of hydrogen-bond acceptors (Lipinski definition) is 5. The summed E-state index contributed by atoms with van der Waals surface area (Å²) in [5, 5.41) is 11.1. The molecule has 142 valence electrons. The van der Waals surface area contributed by atoms with Crippen LogP contribution in [0.4, 0.5) is 5.69 Å². The van der Waals surface area contributed by atoms with E-state index in [0.29, 0.717) is 25.9 Å². The summed E-state index contributed by atoms with van der Waals surface area (Å²) in [5.41, 5.74) is -0.180. The summed E-state index contributed by atoms with van der Waals surface area (Å²) in [5.74, 6) is -0.410. The molecule has 0 bridgehead atoms. The zero-order valence-electron chi connectivity index (χ0n) is 14.4. The summed E-state index contributed by atoms with van der Waals surface area (Å²) >= 11 is 0. The van der Waals surface area contributed by atoms with E-state index in [2.05, 4.69) is 4.72 Å². The number of likely N-dealkylation sites (tertiary alicyclic amines) is 1. The van der Waals surface area contributed by atoms with E-state index in [1.807, 2.05) is 0 Å². The lowest BCUT2D eigenvalue weighted by atomic mass is 10.0. The Morgan fingerprint density at radius 2 is 1.63 bits per heavy atom. The molecule has 0 radical (unpaired) electrons. The number of sulfonamides is 1. The number of hydrogen-bond donors (Lipinski definition) is 1. The molecule has 1 aliphatic rings. The van der Waals surface area contributed by atoms with Crippen LogP contribution in [0.15, 0.2) is 59.5 Å². The zero-order chi connectivity index (χ0) is 19.4. The second-order valence-corrected chi connectivity index (χ2v) is 7.99. The summed E-state index contributed by atoms with van der Waals surface area (Å²) in [7, 11) is -3.61. The number of carbonyl (C=O) groups is 1. The first-order valence-corrected chi connectivity index (χ1v) is 9.97. The number of para-hydroxylation sites is 1. The van der Waals surface area contributed by atoms with Crippen LogP contribution in [0.25, 0.3) is 0 Å². The van der Waals surface area contributed by atoms with Gasteiger partial charge in [0.25, 0.3) is 11.6 Å². The molecule has 3 rings (SSSR count). The number of nitro benzene ring substituents is 1. The molecule has 1 saturated heterocycles. The third-order valence-corrected chi connectivity index (χ3v) is 6.03. The number of nitrogens with zero attached hydrogens (tertiary/aromatic N) is 2. The van der Waals surface area contributed by atoms with Crippen molar-refractivity contribution in [3.05, 3.63) is 70.3 Å². The largest absolute Gasteiger partial charge is 0.338 e. The van der Waals surface area contributed by atoms with Gasteiger partial charge in [0.15, 0.2) is 0 Å². The van der Waals surface area contributed by atoms with Crippen molar-refractivity contribution < 1.29 is 18.1 Å². The molecule has 0 saturated carbocycles. The molecule has 8 nitrogen and oxygen atoms in total. The minimum absolute atomic E-state index is 0.0471. The van der Waals surface area contributed by atoms with Gasteiger partial charge in [0.05, 0.1) is 9.82 Å². The molecule has 0 aliphatic carbocycles. The quantitative estimate of drug-likeness (QED) is 0.623. The maximum absolute atomic E-state index is 12.6. The number of amides is 1. The maximum Gasteiger partial charge on any atom is 0.282 e. The third kappa shape index (κ3) is 4.32. The van der Waals surface area contributed by atoms with Crippen molar-refractivity contribution >= 4 is 21.6 Å². The molecule has 9 heteroatoms. The average molecular weight is 389 g/mol. The Morgan fingerprint density at radius 1 is 1.04 bits per heavy atom. The van der Waals surface area contributed by atoms with Crippen LogP contribution in [0, 0.1) is 10.1 Å². The SMILES string of the molecule is O=C(c1ccccc1[N+](=O)[O-])N1CCC(NS(=O)(=O)c2ccccc2)CC1. The van der Waals surface area contributed by atoms with Crippen molar-refractivity contribution in [3.8, 4) is 0 Å². The number of nitro groups is 1. The van der Waals surface area contributed by atoms with Crippen LogP contribution in [0.1, 0.15) is 23.2 Å². The Labute approximate surface area is 157 Å². The number of nitrogens with one attached hydrogen (secondary N) is 1. The van der Waals surface area contributed by atoms with Crippen molar-refractivity contribution in [2.75, 3.05) is 13.1 Å². The van der Waals surface area contributed by atoms with Gasteiger partial charge in [-0.25, -0.2) is 13.1 Å². The summed E-state index contributed by atoms with van der Waals surface area (Å²) in [4.78, 5) is 24.9. The van der Waals surface area contributed by atoms with Crippen molar-refractivity contribution in [2.45, 2.75) is 23.8 Å². The van der Waals surface area contributed by atoms with E-state index in [4.69, 9.17) is 0 Å². The molecule has 1 fully saturated rings. The Hall–Kier alpha value is -2.78. The second kappa shape index (κ2) is 7.85. The van der Waals surface area contributed by atoms with Crippen molar-refractivity contribution in [1.82, 2.24) is 9.62 Å². The molecule has 0 spiro atoms. The molecule has 1 heterocycles. The Balaban J connectivity index is 1.64. The zero-order valence-corrected chi connectivity index (χ0v) is 15.3. The molecule has 1 aliphatic heterocycles. The summed E-state index contributed by atoms with van der Waals surface area (Å²) in [6, 6.07) is 13.6. The fourth-order valence-electron chi connectivity index (χ4n) is 3.07. The molecule has 2 aromatic rings. The lowest BCUT2D eigenvalue weighted by molar-refractivity contribution is -0.385. The predicted octanol–water partition coefficient (Wildman–Crippen LogP) is 2.18. The van der Waals surface area contributed by atoms with Crippen LogP contribution in [-0.2, 0) is 10.0 Å². The van der Waals surface area contributed by atoms with Gasteiger partial charge in [-0.1, -0.05) is 30.3 Å². The van der Waals surface area contributed by atoms with E-state index in [-0.39, 0.29) is 22.2 Å². The normalized spacial score (nSPS) is 15.5. The van der Waals surface area contributed by atoms with Crippen LogP contribution in [0.5, 0.6) is 0 Å². The number of benzene rings is 2. The highest BCUT2D eigenvalue weighted by atomic mass is 32.2. The van der Waals surface area contributed by atoms with Gasteiger partial charge >= 0.3 is 0 Å². The van der Waals surface area contributed by atoms with Gasteiger partial charge in [-0.05, 0) is 31.0 Å². The van der Waals surface area contributed by atoms with Crippen LogP contribution in [-0.4, -0.2) is 43.3 Å². The van der Waals surface area contributed by atoms with Gasteiger partial charge in [-0.2, -0.15) is 0 Å². The lowest BCUT2D eigenvalue weighted by Crippen LogP contribution is -2.46. The highest BCUT2D eigenvalue weighted by Gasteiger charge is 2.29. The van der Waals surface area contributed by atoms with Gasteiger partial charge in [0, 0.05) is 25.2 Å². The van der Waals surface area contributed by atoms with E-state index < -0.39 is 20.9 Å². The third-order valence-electron chi connectivity index (χ3n) is 4.49. The molecule has 27 heavy (non-hydrogen) atoms. The topological polar surface area (TPSA) is 110 Å². The minimum atomic E-state index is -3.61. The summed E-state index contributed by atoms with van der Waals surface area (Å²) < 4.78 is 27.4. The molecule has 2 aromatic carbocycles. The van der Waals surface area contributed by atoms with Crippen LogP contribution in [0.2, 0.25) is 0 Å².